The lowest BCUT2D eigenvalue weighted by Gasteiger charge is -2.37. The molecule has 3 atom stereocenters. The number of fused-ring (bicyclic) bond motifs is 1. The van der Waals surface area contributed by atoms with Crippen LogP contribution in [0.15, 0.2) is 24.3 Å². The number of aromatic nitrogens is 1. The van der Waals surface area contributed by atoms with Gasteiger partial charge in [-0.25, -0.2) is 4.79 Å². The fourth-order valence-electron chi connectivity index (χ4n) is 8.04. The number of benzene rings is 1. The number of nitrogens with zero attached hydrogens (tertiary/aromatic N) is 2. The number of alkyl halides is 1. The van der Waals surface area contributed by atoms with E-state index < -0.39 is 0 Å². The van der Waals surface area contributed by atoms with E-state index in [1.54, 1.807) is 6.92 Å². The molecular weight excluding hydrogens is 519 g/mol. The average Bonchev–Trinajstić information content (AvgIpc) is 3.58. The van der Waals surface area contributed by atoms with Crippen LogP contribution in [-0.4, -0.2) is 53.0 Å². The Hall–Kier alpha value is -2.70. The Labute approximate surface area is 244 Å². The molecule has 1 aliphatic heterocycles. The first kappa shape index (κ1) is 29.8. The van der Waals surface area contributed by atoms with Gasteiger partial charge in [-0.2, -0.15) is 0 Å². The molecule has 2 heterocycles. The first-order valence-corrected chi connectivity index (χ1v) is 16.0. The summed E-state index contributed by atoms with van der Waals surface area (Å²) in [6.45, 7) is 4.45. The molecule has 0 N–H and O–H groups in total. The summed E-state index contributed by atoms with van der Waals surface area (Å²) in [6.07, 6.45) is 10.5. The molecule has 224 valence electrons. The first-order valence-electron chi connectivity index (χ1n) is 16.0. The summed E-state index contributed by atoms with van der Waals surface area (Å²) in [5, 5.41) is 0.906. The highest BCUT2D eigenvalue weighted by Crippen LogP contribution is 2.42. The number of carbonyl (C=O) groups is 3. The second kappa shape index (κ2) is 13.1. The number of ketones is 1. The number of rotatable bonds is 9. The van der Waals surface area contributed by atoms with E-state index in [4.69, 9.17) is 4.74 Å². The Morgan fingerprint density at radius 3 is 2.41 bits per heavy atom. The topological polar surface area (TPSA) is 68.6 Å². The van der Waals surface area contributed by atoms with Crippen molar-refractivity contribution in [3.63, 3.8) is 0 Å². The van der Waals surface area contributed by atoms with Crippen LogP contribution in [-0.2, 0) is 27.8 Å². The molecule has 1 aromatic carbocycles. The average molecular weight is 567 g/mol. The Morgan fingerprint density at radius 2 is 1.73 bits per heavy atom. The van der Waals surface area contributed by atoms with E-state index in [9.17, 15) is 18.8 Å². The van der Waals surface area contributed by atoms with E-state index in [2.05, 4.69) is 0 Å². The molecule has 2 aliphatic carbocycles. The second-order valence-electron chi connectivity index (χ2n) is 12.9. The van der Waals surface area contributed by atoms with Crippen molar-refractivity contribution in [3.8, 4) is 0 Å². The number of hydrogen-bond acceptors (Lipinski definition) is 4. The molecule has 0 radical (unpaired) electrons. The summed E-state index contributed by atoms with van der Waals surface area (Å²) in [5.41, 5.74) is 2.32. The maximum Gasteiger partial charge on any atom is 0.354 e. The Kier molecular flexibility index (Phi) is 9.50. The number of ether oxygens (including phenoxy) is 1. The van der Waals surface area contributed by atoms with Gasteiger partial charge in [-0.1, -0.05) is 45.1 Å². The number of amides is 1. The molecule has 2 saturated carbocycles. The highest BCUT2D eigenvalue weighted by Gasteiger charge is 2.46. The van der Waals surface area contributed by atoms with Gasteiger partial charge in [0.25, 0.3) is 0 Å². The highest BCUT2D eigenvalue weighted by atomic mass is 19.1. The van der Waals surface area contributed by atoms with Gasteiger partial charge in [0, 0.05) is 36.8 Å². The van der Waals surface area contributed by atoms with Crippen molar-refractivity contribution in [2.75, 3.05) is 19.8 Å². The van der Waals surface area contributed by atoms with Crippen LogP contribution in [0.1, 0.15) is 94.1 Å². The number of carbonyl (C=O) groups excluding carboxylic acids is 3. The molecule has 0 spiro atoms. The third-order valence-corrected chi connectivity index (χ3v) is 10.5. The molecule has 41 heavy (non-hydrogen) atoms. The van der Waals surface area contributed by atoms with Crippen molar-refractivity contribution < 1.29 is 23.5 Å². The number of aryl methyl sites for hydroxylation is 1. The van der Waals surface area contributed by atoms with E-state index in [0.29, 0.717) is 30.7 Å². The lowest BCUT2D eigenvalue weighted by Crippen LogP contribution is -2.48. The minimum Gasteiger partial charge on any atom is -0.461 e. The lowest BCUT2D eigenvalue weighted by molar-refractivity contribution is -0.143. The summed E-state index contributed by atoms with van der Waals surface area (Å²) in [7, 11) is 1.85. The number of esters is 1. The Morgan fingerprint density at radius 1 is 1.00 bits per heavy atom. The molecular formula is C34H47FN2O4. The molecule has 0 bridgehead atoms. The summed E-state index contributed by atoms with van der Waals surface area (Å²) in [5.74, 6) is 1.00. The van der Waals surface area contributed by atoms with Crippen LogP contribution >= 0.6 is 0 Å². The zero-order chi connectivity index (χ0) is 29.1. The molecule has 3 aliphatic rings. The minimum atomic E-state index is -0.366. The summed E-state index contributed by atoms with van der Waals surface area (Å²) in [6, 6.07) is 7.40. The zero-order valence-electron chi connectivity index (χ0n) is 25.1. The van der Waals surface area contributed by atoms with E-state index in [-0.39, 0.29) is 54.6 Å². The van der Waals surface area contributed by atoms with Gasteiger partial charge in [-0.05, 0) is 86.5 Å². The first-order chi connectivity index (χ1) is 19.8. The van der Waals surface area contributed by atoms with E-state index in [1.165, 1.54) is 19.3 Å². The monoisotopic (exact) mass is 566 g/mol. The van der Waals surface area contributed by atoms with Crippen LogP contribution in [0, 0.1) is 29.6 Å². The molecule has 6 nitrogen and oxygen atoms in total. The molecule has 1 aromatic heterocycles. The van der Waals surface area contributed by atoms with Crippen molar-refractivity contribution in [1.82, 2.24) is 9.47 Å². The van der Waals surface area contributed by atoms with Crippen LogP contribution in [0.25, 0.3) is 10.9 Å². The van der Waals surface area contributed by atoms with Crippen molar-refractivity contribution >= 4 is 28.6 Å². The standard InChI is InChI=1S/C34H47FN2O4/c1-4-41-34(40)30-20-27-18-23(10-15-29(27)36(30)3)19-31(38)32-28(25-8-6-5-7-9-25)16-17-37(32)33(39)26-13-11-24(12-14-26)22(2)21-35/h10,15,18,20,22,24-26,28,32H,4-9,11-14,16-17,19,21H2,1-3H3/t22?,24?,26?,28-,32-/m0/s1. The lowest BCUT2D eigenvalue weighted by atomic mass is 9.74. The normalized spacial score (nSPS) is 26.3. The van der Waals surface area contributed by atoms with Gasteiger partial charge in [-0.3, -0.25) is 14.0 Å². The molecule has 5 rings (SSSR count). The second-order valence-corrected chi connectivity index (χ2v) is 12.9. The number of likely N-dealkylation sites (tertiary alicyclic amines) is 1. The third-order valence-electron chi connectivity index (χ3n) is 10.5. The Bertz CT molecular complexity index is 1240. The van der Waals surface area contributed by atoms with E-state index in [0.717, 1.165) is 61.4 Å². The maximum atomic E-state index is 14.1. The molecule has 7 heteroatoms. The smallest absolute Gasteiger partial charge is 0.354 e. The molecule has 1 saturated heterocycles. The summed E-state index contributed by atoms with van der Waals surface area (Å²) < 4.78 is 20.3. The van der Waals surface area contributed by atoms with Gasteiger partial charge in [0.15, 0.2) is 5.78 Å². The fraction of sp³-hybridized carbons (Fsp3) is 0.676. The molecule has 3 fully saturated rings. The van der Waals surface area contributed by atoms with Gasteiger partial charge in [-0.15, -0.1) is 0 Å². The number of halogens is 1. The summed E-state index contributed by atoms with van der Waals surface area (Å²) in [4.78, 5) is 42.4. The largest absolute Gasteiger partial charge is 0.461 e. The zero-order valence-corrected chi connectivity index (χ0v) is 25.1. The van der Waals surface area contributed by atoms with Gasteiger partial charge >= 0.3 is 5.97 Å². The third kappa shape index (κ3) is 6.24. The van der Waals surface area contributed by atoms with Crippen molar-refractivity contribution in [3.05, 3.63) is 35.5 Å². The predicted molar refractivity (Wildman–Crippen MR) is 158 cm³/mol. The maximum absolute atomic E-state index is 14.1. The van der Waals surface area contributed by atoms with E-state index in [1.807, 2.05) is 47.7 Å². The number of hydrogen-bond donors (Lipinski definition) is 0. The predicted octanol–water partition coefficient (Wildman–Crippen LogP) is 6.68. The van der Waals surface area contributed by atoms with Gasteiger partial charge in [0.05, 0.1) is 19.3 Å². The summed E-state index contributed by atoms with van der Waals surface area (Å²) >= 11 is 0. The molecule has 1 unspecified atom stereocenters. The van der Waals surface area contributed by atoms with Crippen molar-refractivity contribution in [2.45, 2.75) is 90.5 Å². The highest BCUT2D eigenvalue weighted by molar-refractivity contribution is 5.97. The van der Waals surface area contributed by atoms with Crippen LogP contribution in [0.3, 0.4) is 0 Å². The van der Waals surface area contributed by atoms with Gasteiger partial charge in [0.2, 0.25) is 5.91 Å². The minimum absolute atomic E-state index is 0.0539. The van der Waals surface area contributed by atoms with Gasteiger partial charge in [0.1, 0.15) is 5.69 Å². The van der Waals surface area contributed by atoms with E-state index >= 15 is 0 Å². The van der Waals surface area contributed by atoms with Crippen LogP contribution in [0.2, 0.25) is 0 Å². The Balaban J connectivity index is 1.35. The van der Waals surface area contributed by atoms with Crippen LogP contribution in [0.4, 0.5) is 4.39 Å². The molecule has 2 aromatic rings. The SMILES string of the molecule is CCOC(=O)c1cc2cc(CC(=O)[C@@H]3[C@H](C4CCCCC4)CCN3C(=O)C3CCC(C(C)CF)CC3)ccc2n1C. The molecule has 1 amide bonds. The van der Waals surface area contributed by atoms with Crippen LogP contribution in [0.5, 0.6) is 0 Å². The van der Waals surface area contributed by atoms with Crippen molar-refractivity contribution in [1.29, 1.82) is 0 Å². The van der Waals surface area contributed by atoms with Crippen molar-refractivity contribution in [2.24, 2.45) is 36.6 Å². The van der Waals surface area contributed by atoms with Gasteiger partial charge < -0.3 is 14.2 Å². The number of Topliss-reactive ketones (excluding diaryl/α,β-unsaturated/α-hetero) is 1. The fourth-order valence-corrected chi connectivity index (χ4v) is 8.04. The van der Waals surface area contributed by atoms with Crippen LogP contribution < -0.4 is 0 Å². The quantitative estimate of drug-likeness (QED) is 0.318.